The molecule has 3 saturated heterocycles. The van der Waals surface area contributed by atoms with Gasteiger partial charge in [0.05, 0.1) is 17.4 Å². The highest BCUT2D eigenvalue weighted by atomic mass is 19.4. The van der Waals surface area contributed by atoms with Crippen LogP contribution in [0.2, 0.25) is 0 Å². The first kappa shape index (κ1) is 18.9. The van der Waals surface area contributed by atoms with Crippen LogP contribution in [0.4, 0.5) is 18.0 Å². The quantitative estimate of drug-likeness (QED) is 0.826. The molecule has 0 aromatic carbocycles. The fraction of sp³-hybridized carbons (Fsp3) is 0.667. The number of alkyl halides is 3. The number of rotatable bonds is 2. The summed E-state index contributed by atoms with van der Waals surface area (Å²) in [5, 5.41) is 2.97. The summed E-state index contributed by atoms with van der Waals surface area (Å²) in [6.07, 6.45) is 0.922. The van der Waals surface area contributed by atoms with E-state index in [0.29, 0.717) is 44.7 Å². The molecular weight excluding hydrogens is 375 g/mol. The fourth-order valence-electron chi connectivity index (χ4n) is 4.26. The zero-order valence-electron chi connectivity index (χ0n) is 15.3. The molecule has 10 heteroatoms. The van der Waals surface area contributed by atoms with Crippen LogP contribution in [-0.4, -0.2) is 63.4 Å². The molecule has 0 aliphatic carbocycles. The van der Waals surface area contributed by atoms with Crippen LogP contribution < -0.4 is 5.32 Å². The third-order valence-corrected chi connectivity index (χ3v) is 5.87. The van der Waals surface area contributed by atoms with Crippen molar-refractivity contribution < 1.29 is 22.8 Å². The lowest BCUT2D eigenvalue weighted by atomic mass is 9.88. The van der Waals surface area contributed by atoms with Crippen molar-refractivity contribution in [2.75, 3.05) is 26.2 Å². The summed E-state index contributed by atoms with van der Waals surface area (Å²) in [6, 6.07) is -0.000421. The van der Waals surface area contributed by atoms with Crippen LogP contribution in [0.3, 0.4) is 0 Å². The number of urea groups is 1. The largest absolute Gasteiger partial charge is 0.434 e. The van der Waals surface area contributed by atoms with E-state index >= 15 is 0 Å². The zero-order chi connectivity index (χ0) is 19.9. The highest BCUT2D eigenvalue weighted by Gasteiger charge is 2.50. The summed E-state index contributed by atoms with van der Waals surface area (Å²) in [6.45, 7) is 2.37. The highest BCUT2D eigenvalue weighted by Crippen LogP contribution is 2.32. The van der Waals surface area contributed by atoms with Gasteiger partial charge in [-0.1, -0.05) is 0 Å². The lowest BCUT2D eigenvalue weighted by Gasteiger charge is -2.49. The maximum Gasteiger partial charge on any atom is 0.434 e. The Morgan fingerprint density at radius 1 is 1.18 bits per heavy atom. The molecule has 1 aromatic rings. The van der Waals surface area contributed by atoms with Crippen molar-refractivity contribution in [1.29, 1.82) is 0 Å². The van der Waals surface area contributed by atoms with E-state index in [1.54, 1.807) is 4.90 Å². The van der Waals surface area contributed by atoms with E-state index in [0.717, 1.165) is 25.5 Å². The molecule has 0 atom stereocenters. The van der Waals surface area contributed by atoms with Gasteiger partial charge in [-0.15, -0.1) is 0 Å². The molecule has 7 nitrogen and oxygen atoms in total. The van der Waals surface area contributed by atoms with E-state index in [1.165, 1.54) is 6.20 Å². The van der Waals surface area contributed by atoms with Gasteiger partial charge in [0.25, 0.3) is 0 Å². The van der Waals surface area contributed by atoms with Gasteiger partial charge in [-0.2, -0.15) is 13.2 Å². The van der Waals surface area contributed by atoms with Gasteiger partial charge in [0.15, 0.2) is 5.69 Å². The average Bonchev–Trinajstić information content (AvgIpc) is 3.02. The van der Waals surface area contributed by atoms with E-state index in [1.807, 2.05) is 4.90 Å². The van der Waals surface area contributed by atoms with Crippen LogP contribution in [0, 0.1) is 5.92 Å². The molecule has 0 bridgehead atoms. The van der Waals surface area contributed by atoms with Crippen molar-refractivity contribution in [3.63, 3.8) is 0 Å². The molecule has 0 unspecified atom stereocenters. The predicted octanol–water partition coefficient (Wildman–Crippen LogP) is 1.83. The van der Waals surface area contributed by atoms with Crippen molar-refractivity contribution >= 4 is 11.9 Å². The van der Waals surface area contributed by atoms with Crippen LogP contribution in [-0.2, 0) is 17.4 Å². The second kappa shape index (κ2) is 6.89. The summed E-state index contributed by atoms with van der Waals surface area (Å²) >= 11 is 0. The zero-order valence-corrected chi connectivity index (χ0v) is 15.3. The molecule has 4 heterocycles. The van der Waals surface area contributed by atoms with Gasteiger partial charge < -0.3 is 15.1 Å². The molecule has 4 rings (SSSR count). The minimum absolute atomic E-state index is 0.000421. The second-order valence-corrected chi connectivity index (χ2v) is 7.99. The van der Waals surface area contributed by atoms with Crippen LogP contribution in [0.5, 0.6) is 0 Å². The molecule has 3 fully saturated rings. The van der Waals surface area contributed by atoms with E-state index in [2.05, 4.69) is 15.3 Å². The first-order valence-corrected chi connectivity index (χ1v) is 9.47. The van der Waals surface area contributed by atoms with E-state index in [9.17, 15) is 22.8 Å². The van der Waals surface area contributed by atoms with E-state index < -0.39 is 11.9 Å². The van der Waals surface area contributed by atoms with Gasteiger partial charge in [-0.25, -0.2) is 9.78 Å². The lowest BCUT2D eigenvalue weighted by Crippen LogP contribution is -2.70. The normalized spacial score (nSPS) is 22.3. The SMILES string of the molecule is O=C1CCC2(CN(C(=O)N3CCC(Cc4cnc(C(F)(F)F)cn4)CC3)C2)N1. The lowest BCUT2D eigenvalue weighted by molar-refractivity contribution is -0.141. The Bertz CT molecular complexity index is 753. The van der Waals surface area contributed by atoms with Gasteiger partial charge in [0.2, 0.25) is 5.91 Å². The number of nitrogens with one attached hydrogen (secondary N) is 1. The molecule has 0 radical (unpaired) electrons. The van der Waals surface area contributed by atoms with Crippen molar-refractivity contribution in [2.45, 2.75) is 43.8 Å². The van der Waals surface area contributed by atoms with Crippen molar-refractivity contribution in [3.05, 3.63) is 23.8 Å². The number of carbonyl (C=O) groups excluding carboxylic acids is 2. The molecule has 28 heavy (non-hydrogen) atoms. The average molecular weight is 397 g/mol. The van der Waals surface area contributed by atoms with Crippen LogP contribution >= 0.6 is 0 Å². The Morgan fingerprint density at radius 3 is 2.43 bits per heavy atom. The minimum atomic E-state index is -4.48. The van der Waals surface area contributed by atoms with Gasteiger partial charge in [-0.05, 0) is 31.6 Å². The molecule has 1 spiro atoms. The summed E-state index contributed by atoms with van der Waals surface area (Å²) in [5.41, 5.74) is -0.659. The molecule has 152 valence electrons. The predicted molar refractivity (Wildman–Crippen MR) is 92.1 cm³/mol. The molecular formula is C18H22F3N5O2. The monoisotopic (exact) mass is 397 g/mol. The van der Waals surface area contributed by atoms with E-state index in [4.69, 9.17) is 0 Å². The number of amides is 3. The van der Waals surface area contributed by atoms with Crippen LogP contribution in [0.15, 0.2) is 12.4 Å². The number of piperidine rings is 1. The fourth-order valence-corrected chi connectivity index (χ4v) is 4.26. The molecule has 3 amide bonds. The highest BCUT2D eigenvalue weighted by molar-refractivity contribution is 5.82. The van der Waals surface area contributed by atoms with Crippen molar-refractivity contribution in [1.82, 2.24) is 25.1 Å². The van der Waals surface area contributed by atoms with Crippen LogP contribution in [0.25, 0.3) is 0 Å². The molecule has 0 saturated carbocycles. The molecule has 1 aromatic heterocycles. The maximum atomic E-state index is 12.6. The number of hydrogen-bond donors (Lipinski definition) is 1. The summed E-state index contributed by atoms with van der Waals surface area (Å²) in [4.78, 5) is 34.9. The van der Waals surface area contributed by atoms with Gasteiger partial charge >= 0.3 is 12.2 Å². The van der Waals surface area contributed by atoms with Gasteiger partial charge in [0, 0.05) is 38.8 Å². The molecule has 3 aliphatic heterocycles. The van der Waals surface area contributed by atoms with Gasteiger partial charge in [-0.3, -0.25) is 9.78 Å². The third kappa shape index (κ3) is 3.77. The topological polar surface area (TPSA) is 78.4 Å². The molecule has 1 N–H and O–H groups in total. The van der Waals surface area contributed by atoms with Gasteiger partial charge in [0.1, 0.15) is 0 Å². The number of carbonyl (C=O) groups is 2. The Balaban J connectivity index is 1.24. The minimum Gasteiger partial charge on any atom is -0.347 e. The maximum absolute atomic E-state index is 12.6. The first-order valence-electron chi connectivity index (χ1n) is 9.47. The first-order chi connectivity index (χ1) is 13.2. The summed E-state index contributed by atoms with van der Waals surface area (Å²) < 4.78 is 37.6. The Hall–Kier alpha value is -2.39. The number of aromatic nitrogens is 2. The number of nitrogens with zero attached hydrogens (tertiary/aromatic N) is 4. The third-order valence-electron chi connectivity index (χ3n) is 5.87. The van der Waals surface area contributed by atoms with Crippen molar-refractivity contribution in [2.24, 2.45) is 5.92 Å². The smallest absolute Gasteiger partial charge is 0.347 e. The Morgan fingerprint density at radius 2 is 1.89 bits per heavy atom. The van der Waals surface area contributed by atoms with Crippen LogP contribution in [0.1, 0.15) is 37.1 Å². The number of halogens is 3. The standard InChI is InChI=1S/C18H22F3N5O2/c19-18(20,21)14-9-22-13(8-23-14)7-12-2-5-25(6-3-12)16(28)26-10-17(11-26)4-1-15(27)24-17/h8-9,12H,1-7,10-11H2,(H,24,27). The molecule has 3 aliphatic rings. The van der Waals surface area contributed by atoms with E-state index in [-0.39, 0.29) is 23.4 Å². The Kier molecular flexibility index (Phi) is 4.67. The summed E-state index contributed by atoms with van der Waals surface area (Å²) in [7, 11) is 0. The second-order valence-electron chi connectivity index (χ2n) is 7.99. The Labute approximate surface area is 160 Å². The number of hydrogen-bond acceptors (Lipinski definition) is 4. The number of likely N-dealkylation sites (tertiary alicyclic amines) is 2. The van der Waals surface area contributed by atoms with Crippen molar-refractivity contribution in [3.8, 4) is 0 Å². The summed E-state index contributed by atoms with van der Waals surface area (Å²) in [5.74, 6) is 0.325.